The Bertz CT molecular complexity index is 580. The van der Waals surface area contributed by atoms with Crippen LogP contribution in [0.5, 0.6) is 0 Å². The second-order valence-electron chi connectivity index (χ2n) is 4.84. The van der Waals surface area contributed by atoms with Crippen molar-refractivity contribution in [3.63, 3.8) is 0 Å². The van der Waals surface area contributed by atoms with Gasteiger partial charge in [-0.15, -0.1) is 0 Å². The van der Waals surface area contributed by atoms with Crippen LogP contribution in [0.4, 0.5) is 5.69 Å². The van der Waals surface area contributed by atoms with Gasteiger partial charge in [-0.25, -0.2) is 0 Å². The monoisotopic (exact) mass is 257 g/mol. The molecule has 0 radical (unpaired) electrons. The zero-order valence-electron chi connectivity index (χ0n) is 11.8. The Kier molecular flexibility index (Phi) is 3.60. The highest BCUT2D eigenvalue weighted by Crippen LogP contribution is 2.14. The van der Waals surface area contributed by atoms with E-state index >= 15 is 0 Å². The van der Waals surface area contributed by atoms with Gasteiger partial charge in [-0.05, 0) is 44.2 Å². The minimum Gasteiger partial charge on any atom is -0.378 e. The summed E-state index contributed by atoms with van der Waals surface area (Å²) in [7, 11) is 3.91. The molecule has 0 bridgehead atoms. The van der Waals surface area contributed by atoms with E-state index in [1.807, 2.05) is 69.2 Å². The molecular weight excluding hydrogens is 238 g/mol. The molecule has 2 aromatic rings. The summed E-state index contributed by atoms with van der Waals surface area (Å²) in [6.45, 7) is 3.92. The Hall–Kier alpha value is -2.23. The quantitative estimate of drug-likeness (QED) is 0.917. The zero-order valence-corrected chi connectivity index (χ0v) is 11.8. The van der Waals surface area contributed by atoms with E-state index in [4.69, 9.17) is 0 Å². The van der Waals surface area contributed by atoms with Crippen molar-refractivity contribution < 1.29 is 4.79 Å². The van der Waals surface area contributed by atoms with Gasteiger partial charge < -0.3 is 4.90 Å². The van der Waals surface area contributed by atoms with Gasteiger partial charge in [0.15, 0.2) is 0 Å². The Balaban J connectivity index is 2.23. The fourth-order valence-corrected chi connectivity index (χ4v) is 1.94. The fourth-order valence-electron chi connectivity index (χ4n) is 1.94. The highest BCUT2D eigenvalue weighted by molar-refractivity contribution is 6.00. The van der Waals surface area contributed by atoms with Gasteiger partial charge in [0, 0.05) is 36.7 Å². The minimum absolute atomic E-state index is 0.105. The smallest absolute Gasteiger partial charge is 0.270 e. The maximum absolute atomic E-state index is 12.2. The summed E-state index contributed by atoms with van der Waals surface area (Å²) in [5.41, 5.74) is 6.58. The lowest BCUT2D eigenvalue weighted by Crippen LogP contribution is -2.24. The van der Waals surface area contributed by atoms with Gasteiger partial charge in [0.2, 0.25) is 0 Å². The van der Waals surface area contributed by atoms with Crippen LogP contribution in [0.3, 0.4) is 0 Å². The molecule has 1 heterocycles. The number of aromatic nitrogens is 1. The van der Waals surface area contributed by atoms with Gasteiger partial charge in [-0.3, -0.25) is 14.9 Å². The number of nitrogens with one attached hydrogen (secondary N) is 1. The number of nitrogens with zero attached hydrogens (tertiary/aromatic N) is 2. The molecule has 0 aliphatic carbocycles. The molecule has 1 N–H and O–H groups in total. The first-order valence-electron chi connectivity index (χ1n) is 6.23. The maximum atomic E-state index is 12.2. The van der Waals surface area contributed by atoms with Crippen LogP contribution in [0.1, 0.15) is 21.7 Å². The molecule has 0 fully saturated rings. The summed E-state index contributed by atoms with van der Waals surface area (Å²) in [4.78, 5) is 14.2. The van der Waals surface area contributed by atoms with Gasteiger partial charge in [0.05, 0.1) is 0 Å². The van der Waals surface area contributed by atoms with E-state index in [1.54, 1.807) is 4.68 Å². The van der Waals surface area contributed by atoms with Crippen LogP contribution in [-0.2, 0) is 0 Å². The van der Waals surface area contributed by atoms with Gasteiger partial charge in [-0.1, -0.05) is 6.07 Å². The van der Waals surface area contributed by atoms with Crippen molar-refractivity contribution in [1.82, 2.24) is 4.68 Å². The summed E-state index contributed by atoms with van der Waals surface area (Å²) in [6.07, 6.45) is 0. The van der Waals surface area contributed by atoms with E-state index in [-0.39, 0.29) is 5.91 Å². The third-order valence-corrected chi connectivity index (χ3v) is 3.11. The van der Waals surface area contributed by atoms with Crippen LogP contribution in [0.15, 0.2) is 36.4 Å². The third-order valence-electron chi connectivity index (χ3n) is 3.11. The first kappa shape index (κ1) is 13.2. The van der Waals surface area contributed by atoms with Gasteiger partial charge in [-0.2, -0.15) is 0 Å². The predicted octanol–water partition coefficient (Wildman–Crippen LogP) is 2.55. The first-order valence-corrected chi connectivity index (χ1v) is 6.23. The number of hydrogen-bond acceptors (Lipinski definition) is 2. The van der Waals surface area contributed by atoms with Crippen molar-refractivity contribution in [1.29, 1.82) is 0 Å². The van der Waals surface area contributed by atoms with Crippen LogP contribution in [0, 0.1) is 13.8 Å². The van der Waals surface area contributed by atoms with E-state index in [9.17, 15) is 4.79 Å². The van der Waals surface area contributed by atoms with E-state index in [0.29, 0.717) is 5.56 Å². The number of hydrogen-bond donors (Lipinski definition) is 1. The molecule has 0 aliphatic heterocycles. The van der Waals surface area contributed by atoms with Crippen molar-refractivity contribution in [2.24, 2.45) is 0 Å². The van der Waals surface area contributed by atoms with Crippen LogP contribution >= 0.6 is 0 Å². The third kappa shape index (κ3) is 2.78. The Morgan fingerprint density at radius 1 is 1.11 bits per heavy atom. The number of amides is 1. The van der Waals surface area contributed by atoms with Crippen molar-refractivity contribution in [2.45, 2.75) is 13.8 Å². The maximum Gasteiger partial charge on any atom is 0.270 e. The van der Waals surface area contributed by atoms with E-state index in [0.717, 1.165) is 17.1 Å². The molecule has 4 heteroatoms. The van der Waals surface area contributed by atoms with Crippen LogP contribution in [0.2, 0.25) is 0 Å². The molecule has 4 nitrogen and oxygen atoms in total. The molecule has 100 valence electrons. The summed E-state index contributed by atoms with van der Waals surface area (Å²) in [5, 5.41) is 0. The topological polar surface area (TPSA) is 37.3 Å². The molecule has 0 unspecified atom stereocenters. The fraction of sp³-hybridized carbons (Fsp3) is 0.267. The lowest BCUT2D eigenvalue weighted by atomic mass is 10.2. The largest absolute Gasteiger partial charge is 0.378 e. The average molecular weight is 257 g/mol. The molecule has 19 heavy (non-hydrogen) atoms. The summed E-state index contributed by atoms with van der Waals surface area (Å²) >= 11 is 0. The molecule has 0 atom stereocenters. The van der Waals surface area contributed by atoms with Crippen molar-refractivity contribution in [3.05, 3.63) is 53.3 Å². The Morgan fingerprint density at radius 3 is 2.32 bits per heavy atom. The second-order valence-corrected chi connectivity index (χ2v) is 4.84. The van der Waals surface area contributed by atoms with Gasteiger partial charge in [0.25, 0.3) is 5.91 Å². The lowest BCUT2D eigenvalue weighted by Gasteiger charge is -2.15. The summed E-state index contributed by atoms with van der Waals surface area (Å²) in [6, 6.07) is 11.5. The predicted molar refractivity (Wildman–Crippen MR) is 78.4 cm³/mol. The molecule has 0 aliphatic rings. The van der Waals surface area contributed by atoms with Crippen LogP contribution in [-0.4, -0.2) is 24.7 Å². The van der Waals surface area contributed by atoms with Gasteiger partial charge in [0.1, 0.15) is 0 Å². The molecule has 1 aromatic carbocycles. The number of benzene rings is 1. The first-order chi connectivity index (χ1) is 8.99. The highest BCUT2D eigenvalue weighted by Gasteiger charge is 2.09. The van der Waals surface area contributed by atoms with Crippen molar-refractivity contribution in [3.8, 4) is 0 Å². The van der Waals surface area contributed by atoms with Crippen molar-refractivity contribution in [2.75, 3.05) is 24.4 Å². The summed E-state index contributed by atoms with van der Waals surface area (Å²) < 4.78 is 1.80. The zero-order chi connectivity index (χ0) is 14.0. The second kappa shape index (κ2) is 5.18. The number of carbonyl (C=O) groups excluding carboxylic acids is 1. The van der Waals surface area contributed by atoms with Crippen LogP contribution < -0.4 is 10.3 Å². The normalized spacial score (nSPS) is 10.3. The lowest BCUT2D eigenvalue weighted by molar-refractivity contribution is 0.101. The van der Waals surface area contributed by atoms with E-state index in [2.05, 4.69) is 5.43 Å². The number of anilines is 1. The SMILES string of the molecule is Cc1ccc(C)n1NC(=O)c1cccc(N(C)C)c1. The van der Waals surface area contributed by atoms with Gasteiger partial charge >= 0.3 is 0 Å². The molecule has 1 amide bonds. The Labute approximate surface area is 113 Å². The molecule has 0 spiro atoms. The molecule has 2 rings (SSSR count). The molecule has 0 saturated heterocycles. The van der Waals surface area contributed by atoms with Crippen molar-refractivity contribution >= 4 is 11.6 Å². The average Bonchev–Trinajstić information content (AvgIpc) is 2.70. The van der Waals surface area contributed by atoms with E-state index in [1.165, 1.54) is 0 Å². The number of rotatable bonds is 3. The summed E-state index contributed by atoms with van der Waals surface area (Å²) in [5.74, 6) is -0.105. The Morgan fingerprint density at radius 2 is 1.74 bits per heavy atom. The number of aryl methyl sites for hydroxylation is 2. The minimum atomic E-state index is -0.105. The molecular formula is C15H19N3O. The van der Waals surface area contributed by atoms with Crippen LogP contribution in [0.25, 0.3) is 0 Å². The molecule has 1 aromatic heterocycles. The highest BCUT2D eigenvalue weighted by atomic mass is 16.2. The molecule has 0 saturated carbocycles. The van der Waals surface area contributed by atoms with E-state index < -0.39 is 0 Å². The number of carbonyl (C=O) groups is 1. The standard InChI is InChI=1S/C15H19N3O/c1-11-8-9-12(2)18(11)16-15(19)13-6-5-7-14(10-13)17(3)4/h5-10H,1-4H3,(H,16,19).